The van der Waals surface area contributed by atoms with Crippen LogP contribution in [0.4, 0.5) is 0 Å². The molecule has 0 spiro atoms. The average Bonchev–Trinajstić information content (AvgIpc) is 2.90. The summed E-state index contributed by atoms with van der Waals surface area (Å²) in [5.74, 6) is -0.604. The van der Waals surface area contributed by atoms with Gasteiger partial charge in [-0.1, -0.05) is 42.1 Å². The van der Waals surface area contributed by atoms with Crippen LogP contribution in [0.3, 0.4) is 0 Å². The second-order valence-corrected chi connectivity index (χ2v) is 9.14. The highest BCUT2D eigenvalue weighted by Gasteiger charge is 2.20. The molecule has 0 aliphatic heterocycles. The van der Waals surface area contributed by atoms with Crippen LogP contribution in [0.2, 0.25) is 0 Å². The van der Waals surface area contributed by atoms with Crippen LogP contribution >= 0.6 is 11.8 Å². The number of carbonyl (C=O) groups excluding carboxylic acids is 2. The fourth-order valence-corrected chi connectivity index (χ4v) is 4.40. The topological polar surface area (TPSA) is 103 Å². The zero-order valence-electron chi connectivity index (χ0n) is 19.3. The van der Waals surface area contributed by atoms with E-state index in [1.54, 1.807) is 66.3 Å². The van der Waals surface area contributed by atoms with Crippen LogP contribution in [-0.4, -0.2) is 38.8 Å². The molecule has 2 aromatic heterocycles. The molecule has 0 aliphatic rings. The molecule has 8 nitrogen and oxygen atoms in total. The number of nitrogens with zero attached hydrogens (tertiary/aromatic N) is 3. The van der Waals surface area contributed by atoms with Crippen LogP contribution in [-0.2, 0) is 22.6 Å². The first-order valence-electron chi connectivity index (χ1n) is 11.0. The number of hydrogen-bond acceptors (Lipinski definition) is 7. The number of amides is 1. The minimum absolute atomic E-state index is 0.166. The molecule has 1 N–H and O–H groups in total. The van der Waals surface area contributed by atoms with E-state index in [0.29, 0.717) is 34.7 Å². The van der Waals surface area contributed by atoms with Gasteiger partial charge in [-0.05, 0) is 48.4 Å². The number of hydrogen-bond donors (Lipinski definition) is 1. The molecule has 0 bridgehead atoms. The second kappa shape index (κ2) is 11.0. The van der Waals surface area contributed by atoms with E-state index in [1.807, 2.05) is 18.2 Å². The fourth-order valence-electron chi connectivity index (χ4n) is 3.47. The zero-order chi connectivity index (χ0) is 24.8. The summed E-state index contributed by atoms with van der Waals surface area (Å²) >= 11 is 1.23. The molecule has 0 aliphatic carbocycles. The summed E-state index contributed by atoms with van der Waals surface area (Å²) in [5, 5.41) is 3.38. The number of benzene rings is 2. The summed E-state index contributed by atoms with van der Waals surface area (Å²) in [6.07, 6.45) is 3.38. The van der Waals surface area contributed by atoms with Crippen molar-refractivity contribution in [2.75, 3.05) is 7.11 Å². The van der Waals surface area contributed by atoms with E-state index in [9.17, 15) is 14.4 Å². The van der Waals surface area contributed by atoms with Gasteiger partial charge in [0.05, 0.1) is 35.4 Å². The Kier molecular flexibility index (Phi) is 7.57. The first-order chi connectivity index (χ1) is 17.0. The van der Waals surface area contributed by atoms with Gasteiger partial charge in [-0.2, -0.15) is 0 Å². The van der Waals surface area contributed by atoms with E-state index in [2.05, 4.69) is 15.3 Å². The van der Waals surface area contributed by atoms with Crippen molar-refractivity contribution in [3.63, 3.8) is 0 Å². The lowest BCUT2D eigenvalue weighted by molar-refractivity contribution is -0.120. The molecule has 0 fully saturated rings. The van der Waals surface area contributed by atoms with Crippen molar-refractivity contribution >= 4 is 34.5 Å². The number of methoxy groups -OCH3 is 1. The Labute approximate surface area is 206 Å². The minimum atomic E-state index is -0.502. The number of aromatic nitrogens is 3. The summed E-state index contributed by atoms with van der Waals surface area (Å²) in [5.41, 5.74) is 2.57. The van der Waals surface area contributed by atoms with Gasteiger partial charge in [0.25, 0.3) is 5.56 Å². The SMILES string of the molecule is COC(=O)c1ccc(CNC(=O)C(C)Sc2nc3ccccc3c(=O)n2Cc2cccnc2)cc1. The highest BCUT2D eigenvalue weighted by molar-refractivity contribution is 8.00. The molecule has 35 heavy (non-hydrogen) atoms. The first-order valence-corrected chi connectivity index (χ1v) is 11.8. The summed E-state index contributed by atoms with van der Waals surface area (Å²) in [7, 11) is 1.33. The largest absolute Gasteiger partial charge is 0.465 e. The number of nitrogens with one attached hydrogen (secondary N) is 1. The van der Waals surface area contributed by atoms with Crippen molar-refractivity contribution in [1.29, 1.82) is 0 Å². The van der Waals surface area contributed by atoms with Gasteiger partial charge in [0, 0.05) is 18.9 Å². The Bertz CT molecular complexity index is 1400. The molecular weight excluding hydrogens is 464 g/mol. The number of esters is 1. The fraction of sp³-hybridized carbons (Fsp3) is 0.192. The van der Waals surface area contributed by atoms with Gasteiger partial charge < -0.3 is 10.1 Å². The van der Waals surface area contributed by atoms with Crippen molar-refractivity contribution in [3.8, 4) is 0 Å². The van der Waals surface area contributed by atoms with Crippen molar-refractivity contribution in [1.82, 2.24) is 19.9 Å². The lowest BCUT2D eigenvalue weighted by Crippen LogP contribution is -2.32. The number of fused-ring (bicyclic) bond motifs is 1. The lowest BCUT2D eigenvalue weighted by atomic mass is 10.1. The maximum atomic E-state index is 13.3. The molecule has 0 saturated heterocycles. The Morgan fingerprint density at radius 1 is 1.06 bits per heavy atom. The third kappa shape index (κ3) is 5.75. The van der Waals surface area contributed by atoms with E-state index in [1.165, 1.54) is 18.9 Å². The lowest BCUT2D eigenvalue weighted by Gasteiger charge is -2.16. The Morgan fingerprint density at radius 2 is 1.83 bits per heavy atom. The van der Waals surface area contributed by atoms with Crippen molar-refractivity contribution in [2.24, 2.45) is 0 Å². The minimum Gasteiger partial charge on any atom is -0.465 e. The van der Waals surface area contributed by atoms with Gasteiger partial charge in [-0.15, -0.1) is 0 Å². The molecule has 0 radical (unpaired) electrons. The Hall–Kier alpha value is -3.98. The molecule has 1 amide bonds. The molecule has 9 heteroatoms. The number of carbonyl (C=O) groups is 2. The van der Waals surface area contributed by atoms with E-state index in [-0.39, 0.29) is 11.5 Å². The number of ether oxygens (including phenoxy) is 1. The monoisotopic (exact) mass is 488 g/mol. The third-order valence-electron chi connectivity index (χ3n) is 5.38. The molecule has 1 atom stereocenters. The van der Waals surface area contributed by atoms with E-state index >= 15 is 0 Å². The molecule has 2 heterocycles. The molecular formula is C26H24N4O4S. The van der Waals surface area contributed by atoms with Crippen LogP contribution in [0.5, 0.6) is 0 Å². The third-order valence-corrected chi connectivity index (χ3v) is 6.47. The molecule has 2 aromatic carbocycles. The number of rotatable bonds is 8. The molecule has 1 unspecified atom stereocenters. The van der Waals surface area contributed by atoms with Crippen molar-refractivity contribution in [2.45, 2.75) is 30.4 Å². The van der Waals surface area contributed by atoms with E-state index in [0.717, 1.165) is 11.1 Å². The number of thioether (sulfide) groups is 1. The predicted octanol–water partition coefficient (Wildman–Crippen LogP) is 3.42. The van der Waals surface area contributed by atoms with Crippen molar-refractivity contribution in [3.05, 3.63) is 100 Å². The van der Waals surface area contributed by atoms with Crippen LogP contribution in [0.25, 0.3) is 10.9 Å². The van der Waals surface area contributed by atoms with Gasteiger partial charge in [0.2, 0.25) is 5.91 Å². The summed E-state index contributed by atoms with van der Waals surface area (Å²) in [4.78, 5) is 46.5. The summed E-state index contributed by atoms with van der Waals surface area (Å²) < 4.78 is 6.28. The van der Waals surface area contributed by atoms with Gasteiger partial charge in [0.15, 0.2) is 5.16 Å². The van der Waals surface area contributed by atoms with Crippen LogP contribution in [0.1, 0.15) is 28.4 Å². The maximum absolute atomic E-state index is 13.3. The first kappa shape index (κ1) is 24.2. The van der Waals surface area contributed by atoms with E-state index in [4.69, 9.17) is 4.74 Å². The van der Waals surface area contributed by atoms with Gasteiger partial charge in [0.1, 0.15) is 0 Å². The number of pyridine rings is 1. The van der Waals surface area contributed by atoms with Gasteiger partial charge in [-0.3, -0.25) is 19.1 Å². The van der Waals surface area contributed by atoms with Crippen LogP contribution in [0, 0.1) is 0 Å². The van der Waals surface area contributed by atoms with Crippen molar-refractivity contribution < 1.29 is 14.3 Å². The molecule has 0 saturated carbocycles. The average molecular weight is 489 g/mol. The standard InChI is InChI=1S/C26H24N4O4S/c1-17(23(31)28-15-18-9-11-20(12-10-18)25(33)34-2)35-26-29-22-8-4-3-7-21(22)24(32)30(26)16-19-6-5-13-27-14-19/h3-14,17H,15-16H2,1-2H3,(H,28,31). The molecule has 178 valence electrons. The quantitative estimate of drug-likeness (QED) is 0.230. The second-order valence-electron chi connectivity index (χ2n) is 7.83. The van der Waals surface area contributed by atoms with Crippen LogP contribution in [0.15, 0.2) is 83.0 Å². The smallest absolute Gasteiger partial charge is 0.337 e. The van der Waals surface area contributed by atoms with Gasteiger partial charge in [-0.25, -0.2) is 9.78 Å². The van der Waals surface area contributed by atoms with Crippen LogP contribution < -0.4 is 10.9 Å². The Morgan fingerprint density at radius 3 is 2.54 bits per heavy atom. The highest BCUT2D eigenvalue weighted by Crippen LogP contribution is 2.23. The Balaban J connectivity index is 1.51. The molecule has 4 rings (SSSR count). The maximum Gasteiger partial charge on any atom is 0.337 e. The highest BCUT2D eigenvalue weighted by atomic mass is 32.2. The van der Waals surface area contributed by atoms with Gasteiger partial charge >= 0.3 is 5.97 Å². The summed E-state index contributed by atoms with van der Waals surface area (Å²) in [6.45, 7) is 2.38. The zero-order valence-corrected chi connectivity index (χ0v) is 20.1. The van der Waals surface area contributed by atoms with E-state index < -0.39 is 11.2 Å². The molecule has 4 aromatic rings. The number of para-hydroxylation sites is 1. The predicted molar refractivity (Wildman–Crippen MR) is 134 cm³/mol. The normalized spacial score (nSPS) is 11.7. The summed E-state index contributed by atoms with van der Waals surface area (Å²) in [6, 6.07) is 17.7.